The monoisotopic (exact) mass is 373 g/mol. The van der Waals surface area contributed by atoms with Gasteiger partial charge >= 0.3 is 0 Å². The molecule has 7 heteroatoms. The Kier molecular flexibility index (Phi) is 3.45. The molecule has 5 aromatic rings. The summed E-state index contributed by atoms with van der Waals surface area (Å²) in [5, 5.41) is 5.44. The Balaban J connectivity index is 1.70. The molecule has 5 rings (SSSR count). The average Bonchev–Trinajstić information content (AvgIpc) is 3.18. The van der Waals surface area contributed by atoms with E-state index in [2.05, 4.69) is 15.1 Å². The Hall–Kier alpha value is -3.32. The summed E-state index contributed by atoms with van der Waals surface area (Å²) >= 11 is 1.32. The second kappa shape index (κ2) is 5.85. The molecule has 0 fully saturated rings. The highest BCUT2D eigenvalue weighted by molar-refractivity contribution is 7.15. The lowest BCUT2D eigenvalue weighted by molar-refractivity contribution is 0.914. The molecule has 0 saturated heterocycles. The van der Waals surface area contributed by atoms with Gasteiger partial charge < -0.3 is 4.90 Å². The van der Waals surface area contributed by atoms with E-state index < -0.39 is 0 Å². The first-order valence-corrected chi connectivity index (χ1v) is 9.29. The summed E-state index contributed by atoms with van der Waals surface area (Å²) in [4.78, 5) is 24.5. The molecule has 6 nitrogen and oxygen atoms in total. The van der Waals surface area contributed by atoms with Gasteiger partial charge in [0.25, 0.3) is 5.56 Å². The lowest BCUT2D eigenvalue weighted by atomic mass is 10.2. The number of benzene rings is 2. The molecule has 0 spiro atoms. The number of rotatable bonds is 2. The summed E-state index contributed by atoms with van der Waals surface area (Å²) in [7, 11) is 3.99. The smallest absolute Gasteiger partial charge is 0.291 e. The molecule has 0 saturated carbocycles. The van der Waals surface area contributed by atoms with E-state index in [1.807, 2.05) is 73.6 Å². The zero-order valence-electron chi connectivity index (χ0n) is 14.7. The summed E-state index contributed by atoms with van der Waals surface area (Å²) in [5.41, 5.74) is 3.98. The third-order valence-electron chi connectivity index (χ3n) is 4.49. The van der Waals surface area contributed by atoms with Gasteiger partial charge in [-0.2, -0.15) is 14.6 Å². The van der Waals surface area contributed by atoms with Crippen LogP contribution in [0.25, 0.3) is 33.1 Å². The second-order valence-corrected chi connectivity index (χ2v) is 7.52. The van der Waals surface area contributed by atoms with Crippen molar-refractivity contribution in [3.63, 3.8) is 0 Å². The number of anilines is 1. The van der Waals surface area contributed by atoms with Crippen LogP contribution in [-0.4, -0.2) is 33.7 Å². The van der Waals surface area contributed by atoms with Crippen molar-refractivity contribution in [2.75, 3.05) is 19.0 Å². The van der Waals surface area contributed by atoms with E-state index in [0.717, 1.165) is 22.2 Å². The quantitative estimate of drug-likeness (QED) is 0.476. The molecule has 0 radical (unpaired) electrons. The molecule has 3 heterocycles. The maximum Gasteiger partial charge on any atom is 0.291 e. The lowest BCUT2D eigenvalue weighted by Crippen LogP contribution is -2.24. The molecule has 0 N–H and O–H groups in total. The van der Waals surface area contributed by atoms with E-state index in [9.17, 15) is 4.79 Å². The van der Waals surface area contributed by atoms with E-state index in [4.69, 9.17) is 0 Å². The van der Waals surface area contributed by atoms with E-state index in [1.54, 1.807) is 0 Å². The number of aromatic nitrogens is 4. The van der Waals surface area contributed by atoms with Crippen LogP contribution in [0.5, 0.6) is 0 Å². The Labute approximate surface area is 158 Å². The largest absolute Gasteiger partial charge is 0.378 e. The van der Waals surface area contributed by atoms with Gasteiger partial charge in [0, 0.05) is 25.2 Å². The van der Waals surface area contributed by atoms with Gasteiger partial charge in [0.15, 0.2) is 5.65 Å². The third kappa shape index (κ3) is 2.55. The van der Waals surface area contributed by atoms with Gasteiger partial charge in [-0.15, -0.1) is 0 Å². The van der Waals surface area contributed by atoms with Crippen molar-refractivity contribution in [1.29, 1.82) is 0 Å². The SMILES string of the molecule is CN(C)c1ccc(/C=c2/sc3nc4nc5ccccc5c4nn3c2=O)cc1. The first-order chi connectivity index (χ1) is 13.1. The van der Waals surface area contributed by atoms with Gasteiger partial charge in [-0.1, -0.05) is 41.7 Å². The standard InChI is InChI=1S/C20H15N5OS/c1-24(2)13-9-7-12(8-10-13)11-16-19(26)25-20(27-16)22-18-17(23-25)14-5-3-4-6-15(14)21-18/h3-11H,1-2H3/b16-11+. The zero-order valence-corrected chi connectivity index (χ0v) is 15.6. The third-order valence-corrected chi connectivity index (χ3v) is 5.45. The highest BCUT2D eigenvalue weighted by atomic mass is 32.1. The van der Waals surface area contributed by atoms with Crippen molar-refractivity contribution in [2.45, 2.75) is 0 Å². The van der Waals surface area contributed by atoms with Crippen LogP contribution in [0.1, 0.15) is 5.56 Å². The number of nitrogens with zero attached hydrogens (tertiary/aromatic N) is 5. The van der Waals surface area contributed by atoms with Crippen molar-refractivity contribution in [3.05, 3.63) is 69.0 Å². The van der Waals surface area contributed by atoms with Crippen molar-refractivity contribution in [1.82, 2.24) is 19.6 Å². The van der Waals surface area contributed by atoms with Crippen LogP contribution in [0.4, 0.5) is 5.69 Å². The molecule has 0 bridgehead atoms. The molecule has 0 aliphatic rings. The summed E-state index contributed by atoms with van der Waals surface area (Å²) in [6.07, 6.45) is 1.87. The normalized spacial score (nSPS) is 12.4. The predicted octanol–water partition coefficient (Wildman–Crippen LogP) is 2.47. The second-order valence-electron chi connectivity index (χ2n) is 6.51. The Morgan fingerprint density at radius 1 is 1.04 bits per heavy atom. The fraction of sp³-hybridized carbons (Fsp3) is 0.100. The van der Waals surface area contributed by atoms with Crippen LogP contribution in [-0.2, 0) is 0 Å². The molecular formula is C20H15N5OS. The summed E-state index contributed by atoms with van der Waals surface area (Å²) in [6.45, 7) is 0. The minimum atomic E-state index is -0.161. The zero-order chi connectivity index (χ0) is 18.5. The van der Waals surface area contributed by atoms with Gasteiger partial charge in [0.1, 0.15) is 5.52 Å². The van der Waals surface area contributed by atoms with Gasteiger partial charge in [-0.05, 0) is 29.8 Å². The molecule has 3 aromatic heterocycles. The van der Waals surface area contributed by atoms with Crippen molar-refractivity contribution < 1.29 is 0 Å². The van der Waals surface area contributed by atoms with Crippen LogP contribution < -0.4 is 15.0 Å². The number of thiazole rings is 1. The highest BCUT2D eigenvalue weighted by Crippen LogP contribution is 2.22. The minimum Gasteiger partial charge on any atom is -0.378 e. The molecular weight excluding hydrogens is 358 g/mol. The van der Waals surface area contributed by atoms with Crippen LogP contribution in [0.2, 0.25) is 0 Å². The van der Waals surface area contributed by atoms with Crippen LogP contribution in [0, 0.1) is 0 Å². The molecule has 0 unspecified atom stereocenters. The molecule has 0 amide bonds. The molecule has 0 atom stereocenters. The Morgan fingerprint density at radius 3 is 2.59 bits per heavy atom. The molecule has 0 aliphatic heterocycles. The molecule has 132 valence electrons. The van der Waals surface area contributed by atoms with Crippen LogP contribution >= 0.6 is 11.3 Å². The molecule has 2 aromatic carbocycles. The number of hydrogen-bond acceptors (Lipinski definition) is 6. The maximum atomic E-state index is 12.8. The van der Waals surface area contributed by atoms with Crippen molar-refractivity contribution in [2.24, 2.45) is 0 Å². The lowest BCUT2D eigenvalue weighted by Gasteiger charge is -2.11. The fourth-order valence-electron chi connectivity index (χ4n) is 3.07. The first kappa shape index (κ1) is 15.9. The van der Waals surface area contributed by atoms with Gasteiger partial charge in [-0.3, -0.25) is 4.79 Å². The average molecular weight is 373 g/mol. The minimum absolute atomic E-state index is 0.161. The summed E-state index contributed by atoms with van der Waals surface area (Å²) in [6, 6.07) is 15.8. The van der Waals surface area contributed by atoms with Crippen LogP contribution in [0.3, 0.4) is 0 Å². The van der Waals surface area contributed by atoms with E-state index in [-0.39, 0.29) is 5.56 Å². The Bertz CT molecular complexity index is 1420. The van der Waals surface area contributed by atoms with Gasteiger partial charge in [0.05, 0.1) is 10.0 Å². The topological polar surface area (TPSA) is 63.4 Å². The van der Waals surface area contributed by atoms with Crippen molar-refractivity contribution >= 4 is 50.1 Å². The molecule has 0 aliphatic carbocycles. The van der Waals surface area contributed by atoms with Gasteiger partial charge in [-0.25, -0.2) is 4.98 Å². The first-order valence-electron chi connectivity index (χ1n) is 8.47. The number of hydrogen-bond donors (Lipinski definition) is 0. The number of fused-ring (bicyclic) bond motifs is 4. The van der Waals surface area contributed by atoms with Gasteiger partial charge in [0.2, 0.25) is 4.96 Å². The summed E-state index contributed by atoms with van der Waals surface area (Å²) < 4.78 is 1.98. The summed E-state index contributed by atoms with van der Waals surface area (Å²) in [5.74, 6) is 0. The van der Waals surface area contributed by atoms with E-state index in [1.165, 1.54) is 15.9 Å². The van der Waals surface area contributed by atoms with Crippen molar-refractivity contribution in [3.8, 4) is 0 Å². The fourth-order valence-corrected chi connectivity index (χ4v) is 3.98. The highest BCUT2D eigenvalue weighted by Gasteiger charge is 2.12. The Morgan fingerprint density at radius 2 is 1.81 bits per heavy atom. The maximum absolute atomic E-state index is 12.8. The van der Waals surface area contributed by atoms with E-state index in [0.29, 0.717) is 20.7 Å². The van der Waals surface area contributed by atoms with Crippen LogP contribution in [0.15, 0.2) is 53.3 Å². The number of para-hydroxylation sites is 1. The molecule has 27 heavy (non-hydrogen) atoms. The predicted molar refractivity (Wildman–Crippen MR) is 109 cm³/mol. The van der Waals surface area contributed by atoms with E-state index >= 15 is 0 Å².